The third-order valence-electron chi connectivity index (χ3n) is 12.4. The number of aryl methyl sites for hydroxylation is 1. The lowest BCUT2D eigenvalue weighted by Gasteiger charge is -2.32. The summed E-state index contributed by atoms with van der Waals surface area (Å²) in [6.07, 6.45) is 3.62. The first-order valence-electron chi connectivity index (χ1n) is 24.9. The van der Waals surface area contributed by atoms with Gasteiger partial charge in [0.2, 0.25) is 29.5 Å². The average molecular weight is 1010 g/mol. The maximum atomic E-state index is 14.8. The van der Waals surface area contributed by atoms with E-state index in [4.69, 9.17) is 18.9 Å². The molecule has 1 aliphatic rings. The number of carbonyl (C=O) groups is 7. The highest BCUT2D eigenvalue weighted by Gasteiger charge is 2.36. The maximum Gasteiger partial charge on any atom is 0.407 e. The molecule has 4 aromatic carbocycles. The molecule has 0 saturated carbocycles. The van der Waals surface area contributed by atoms with Gasteiger partial charge in [-0.15, -0.1) is 0 Å². The van der Waals surface area contributed by atoms with Crippen LogP contribution in [-0.4, -0.2) is 112 Å². The van der Waals surface area contributed by atoms with Gasteiger partial charge in [0.25, 0.3) is 0 Å². The van der Waals surface area contributed by atoms with E-state index in [1.165, 1.54) is 45.8 Å². The number of nitrogens with one attached hydrogen (secondary N) is 5. The zero-order chi connectivity index (χ0) is 53.2. The number of likely N-dealkylation sites (N-methyl/N-ethyl adjacent to an activating group) is 1. The van der Waals surface area contributed by atoms with Gasteiger partial charge in [-0.25, -0.2) is 9.59 Å². The number of unbranched alkanes of at least 4 members (excludes halogenated alkanes) is 2. The first kappa shape index (κ1) is 56.5. The number of esters is 1. The summed E-state index contributed by atoms with van der Waals surface area (Å²) in [5.74, 6) is -2.68. The molecule has 0 saturated heterocycles. The smallest absolute Gasteiger partial charge is 0.407 e. The standard InChI is InChI=1S/C56H72N6O11/c1-10-11-14-36-16-21-39(22-17-36)40-23-18-37(19-24-40)33-49(64)57-30-28-48(63)60-44(15-12-13-29-58-55(69)73-56(3,4)5)53(67)62(6)50-41-25-27-47(71-8)43(34-41)42-31-38(20-26-46(42)70-7)32-45(54(68)72-9)61-51(65)35(2)59-52(50)66/h16-27,31,34-35,44-45,50H,10-15,28-30,32-33H2,1-9H3,(H,57,64)(H,58,69)(H,59,66)(H,60,63)(H,61,65)/t35-,44-,45-,50-/m0/s1. The van der Waals surface area contributed by atoms with E-state index in [-0.39, 0.29) is 44.7 Å². The first-order chi connectivity index (χ1) is 34.8. The number of fused-ring (bicyclic) bond motifs is 5. The molecule has 5 N–H and O–H groups in total. The van der Waals surface area contributed by atoms with Crippen LogP contribution in [0.3, 0.4) is 0 Å². The number of hydrogen-bond acceptors (Lipinski definition) is 11. The van der Waals surface area contributed by atoms with E-state index in [2.05, 4.69) is 57.8 Å². The van der Waals surface area contributed by atoms with Crippen molar-refractivity contribution in [1.82, 2.24) is 31.5 Å². The normalized spacial score (nSPS) is 16.0. The number of benzene rings is 4. The minimum Gasteiger partial charge on any atom is -0.496 e. The van der Waals surface area contributed by atoms with E-state index in [9.17, 15) is 33.6 Å². The summed E-state index contributed by atoms with van der Waals surface area (Å²) in [5.41, 5.74) is 5.58. The summed E-state index contributed by atoms with van der Waals surface area (Å²) in [6.45, 7) is 9.10. The van der Waals surface area contributed by atoms with Gasteiger partial charge in [0.15, 0.2) is 0 Å². The van der Waals surface area contributed by atoms with Crippen molar-refractivity contribution in [3.8, 4) is 33.8 Å². The fourth-order valence-corrected chi connectivity index (χ4v) is 8.47. The Balaban J connectivity index is 1.36. The summed E-state index contributed by atoms with van der Waals surface area (Å²) in [7, 11) is 5.63. The Bertz CT molecular complexity index is 2560. The molecule has 1 heterocycles. The lowest BCUT2D eigenvalue weighted by Crippen LogP contribution is -2.55. The van der Waals surface area contributed by atoms with E-state index in [0.29, 0.717) is 46.6 Å². The van der Waals surface area contributed by atoms with Crippen molar-refractivity contribution >= 4 is 41.6 Å². The van der Waals surface area contributed by atoms with Gasteiger partial charge in [-0.2, -0.15) is 0 Å². The minimum absolute atomic E-state index is 0.00913. The molecule has 17 nitrogen and oxygen atoms in total. The van der Waals surface area contributed by atoms with Crippen LogP contribution in [0.5, 0.6) is 11.5 Å². The van der Waals surface area contributed by atoms with Crippen molar-refractivity contribution < 1.29 is 52.5 Å². The van der Waals surface area contributed by atoms with Gasteiger partial charge < -0.3 is 50.4 Å². The quantitative estimate of drug-likeness (QED) is 0.0474. The third-order valence-corrected chi connectivity index (χ3v) is 12.4. The molecule has 4 atom stereocenters. The molecule has 0 fully saturated rings. The number of amides is 6. The number of rotatable bonds is 20. The molecule has 73 heavy (non-hydrogen) atoms. The number of nitrogens with zero attached hydrogens (tertiary/aromatic N) is 1. The lowest BCUT2D eigenvalue weighted by atomic mass is 9.93. The van der Waals surface area contributed by atoms with Gasteiger partial charge in [0.05, 0.1) is 27.8 Å². The van der Waals surface area contributed by atoms with Crippen molar-refractivity contribution in [2.75, 3.05) is 41.5 Å². The number of ether oxygens (including phenoxy) is 4. The molecule has 0 aromatic heterocycles. The molecule has 0 spiro atoms. The van der Waals surface area contributed by atoms with Crippen molar-refractivity contribution in [2.24, 2.45) is 0 Å². The summed E-state index contributed by atoms with van der Waals surface area (Å²) in [6, 6.07) is 21.7. The van der Waals surface area contributed by atoms with Crippen LogP contribution in [-0.2, 0) is 57.5 Å². The van der Waals surface area contributed by atoms with Crippen LogP contribution in [0.15, 0.2) is 84.9 Å². The number of carbonyl (C=O) groups excluding carboxylic acids is 7. The van der Waals surface area contributed by atoms with E-state index in [0.717, 1.165) is 36.0 Å². The molecule has 392 valence electrons. The molecule has 4 bridgehead atoms. The number of hydrogen-bond donors (Lipinski definition) is 5. The van der Waals surface area contributed by atoms with E-state index >= 15 is 0 Å². The lowest BCUT2D eigenvalue weighted by molar-refractivity contribution is -0.145. The fourth-order valence-electron chi connectivity index (χ4n) is 8.47. The summed E-state index contributed by atoms with van der Waals surface area (Å²) >= 11 is 0. The Morgan fingerprint density at radius 2 is 1.37 bits per heavy atom. The largest absolute Gasteiger partial charge is 0.496 e. The third kappa shape index (κ3) is 16.6. The number of methoxy groups -OCH3 is 3. The highest BCUT2D eigenvalue weighted by atomic mass is 16.6. The Hall–Kier alpha value is -7.43. The van der Waals surface area contributed by atoms with Crippen LogP contribution in [0.1, 0.15) is 101 Å². The van der Waals surface area contributed by atoms with Gasteiger partial charge in [0, 0.05) is 44.1 Å². The van der Waals surface area contributed by atoms with E-state index in [1.807, 2.05) is 24.3 Å². The maximum absolute atomic E-state index is 14.8. The summed E-state index contributed by atoms with van der Waals surface area (Å²) in [4.78, 5) is 96.3. The van der Waals surface area contributed by atoms with Crippen molar-refractivity contribution in [3.05, 3.63) is 107 Å². The molecule has 17 heteroatoms. The Morgan fingerprint density at radius 1 is 0.740 bits per heavy atom. The first-order valence-corrected chi connectivity index (χ1v) is 24.9. The molecule has 1 aliphatic heterocycles. The van der Waals surface area contributed by atoms with Gasteiger partial charge in [-0.1, -0.05) is 74.0 Å². The second-order valence-corrected chi connectivity index (χ2v) is 19.2. The highest BCUT2D eigenvalue weighted by Crippen LogP contribution is 2.40. The molecule has 0 aliphatic carbocycles. The molecule has 0 unspecified atom stereocenters. The van der Waals surface area contributed by atoms with E-state index < -0.39 is 65.5 Å². The monoisotopic (exact) mass is 1000 g/mol. The van der Waals surface area contributed by atoms with Crippen LogP contribution in [0, 0.1) is 0 Å². The Kier molecular flexibility index (Phi) is 20.8. The van der Waals surface area contributed by atoms with Crippen molar-refractivity contribution in [1.29, 1.82) is 0 Å². The van der Waals surface area contributed by atoms with Crippen LogP contribution in [0.2, 0.25) is 0 Å². The summed E-state index contributed by atoms with van der Waals surface area (Å²) in [5, 5.41) is 13.8. The molecular formula is C56H72N6O11. The molecule has 6 amide bonds. The topological polar surface area (TPSA) is 220 Å². The van der Waals surface area contributed by atoms with Crippen molar-refractivity contribution in [3.63, 3.8) is 0 Å². The van der Waals surface area contributed by atoms with Gasteiger partial charge in [0.1, 0.15) is 41.3 Å². The fraction of sp³-hybridized carbons (Fsp3) is 0.446. The van der Waals surface area contributed by atoms with Crippen LogP contribution < -0.4 is 36.1 Å². The SMILES string of the molecule is CCCCc1ccc(-c2ccc(CC(=O)NCCC(=O)N[C@@H](CCCCNC(=O)OC(C)(C)C)C(=O)N(C)[C@@H]3C(=O)N[C@@H](C)C(=O)N[C@H](C(=O)OC)Cc4ccc(OC)c(c4)-c4cc3ccc4OC)cc2)cc1. The van der Waals surface area contributed by atoms with Crippen LogP contribution in [0.25, 0.3) is 22.3 Å². The van der Waals surface area contributed by atoms with Crippen LogP contribution in [0.4, 0.5) is 4.79 Å². The van der Waals surface area contributed by atoms with Crippen molar-refractivity contribution in [2.45, 2.75) is 122 Å². The molecule has 0 radical (unpaired) electrons. The summed E-state index contributed by atoms with van der Waals surface area (Å²) < 4.78 is 21.9. The molecule has 5 rings (SSSR count). The van der Waals surface area contributed by atoms with Gasteiger partial charge >= 0.3 is 12.1 Å². The second kappa shape index (κ2) is 26.9. The molecule has 4 aromatic rings. The number of alkyl carbamates (subject to hydrolysis) is 1. The zero-order valence-corrected chi connectivity index (χ0v) is 43.6. The van der Waals surface area contributed by atoms with Crippen LogP contribution >= 0.6 is 0 Å². The van der Waals surface area contributed by atoms with E-state index in [1.54, 1.807) is 57.2 Å². The van der Waals surface area contributed by atoms with Gasteiger partial charge in [-0.3, -0.25) is 24.0 Å². The molecular weight excluding hydrogens is 933 g/mol. The average Bonchev–Trinajstić information content (AvgIpc) is 3.36. The zero-order valence-electron chi connectivity index (χ0n) is 43.6. The minimum atomic E-state index is -1.38. The van der Waals surface area contributed by atoms with Gasteiger partial charge in [-0.05, 0) is 117 Å². The Labute approximate surface area is 428 Å². The predicted molar refractivity (Wildman–Crippen MR) is 278 cm³/mol. The predicted octanol–water partition coefficient (Wildman–Crippen LogP) is 6.53. The second-order valence-electron chi connectivity index (χ2n) is 19.2. The highest BCUT2D eigenvalue weighted by molar-refractivity contribution is 5.96. The Morgan fingerprint density at radius 3 is 1.99 bits per heavy atom.